The predicted molar refractivity (Wildman–Crippen MR) is 70.7 cm³/mol. The highest BCUT2D eigenvalue weighted by Crippen LogP contribution is 2.04. The Morgan fingerprint density at radius 1 is 1.11 bits per heavy atom. The smallest absolute Gasteiger partial charge is 0.321 e. The van der Waals surface area contributed by atoms with Crippen LogP contribution < -0.4 is 16.0 Å². The zero-order valence-corrected chi connectivity index (χ0v) is 11.8. The molecule has 0 bridgehead atoms. The molecule has 3 amide bonds. The first-order valence-corrected chi connectivity index (χ1v) is 6.29. The molecule has 0 aromatic heterocycles. The monoisotopic (exact) mass is 273 g/mol. The van der Waals surface area contributed by atoms with Crippen LogP contribution in [0.3, 0.4) is 0 Å². The van der Waals surface area contributed by atoms with Gasteiger partial charge in [0.15, 0.2) is 0 Å². The molecule has 0 fully saturated rings. The van der Waals surface area contributed by atoms with Crippen LogP contribution in [-0.4, -0.2) is 41.6 Å². The molecule has 0 radical (unpaired) electrons. The number of carboxylic acid groups (broad SMARTS) is 1. The van der Waals surface area contributed by atoms with Crippen LogP contribution in [0.5, 0.6) is 0 Å². The fraction of sp³-hybridized carbons (Fsp3) is 0.750. The molecule has 0 aliphatic heterocycles. The van der Waals surface area contributed by atoms with Gasteiger partial charge in [-0.05, 0) is 26.2 Å². The van der Waals surface area contributed by atoms with Gasteiger partial charge in [0, 0.05) is 6.04 Å². The average molecular weight is 273 g/mol. The number of imide groups is 1. The Bertz CT molecular complexity index is 329. The van der Waals surface area contributed by atoms with E-state index in [2.05, 4.69) is 16.0 Å². The summed E-state index contributed by atoms with van der Waals surface area (Å²) in [6.07, 6.45) is 0.417. The number of hydrogen-bond acceptors (Lipinski definition) is 4. The third-order valence-corrected chi connectivity index (χ3v) is 2.19. The minimum atomic E-state index is -1.01. The molecule has 0 aromatic carbocycles. The molecule has 0 aliphatic carbocycles. The highest BCUT2D eigenvalue weighted by atomic mass is 16.4. The zero-order chi connectivity index (χ0) is 15.0. The maximum atomic E-state index is 11.4. The lowest BCUT2D eigenvalue weighted by atomic mass is 10.0. The van der Waals surface area contributed by atoms with Gasteiger partial charge >= 0.3 is 12.0 Å². The van der Waals surface area contributed by atoms with Gasteiger partial charge in [-0.1, -0.05) is 13.8 Å². The van der Waals surface area contributed by atoms with E-state index in [1.54, 1.807) is 13.8 Å². The van der Waals surface area contributed by atoms with Gasteiger partial charge in [0.2, 0.25) is 5.91 Å². The highest BCUT2D eigenvalue weighted by Gasteiger charge is 2.19. The lowest BCUT2D eigenvalue weighted by molar-refractivity contribution is -0.140. The first-order valence-electron chi connectivity index (χ1n) is 6.29. The summed E-state index contributed by atoms with van der Waals surface area (Å²) in [5, 5.41) is 16.2. The van der Waals surface area contributed by atoms with E-state index in [1.807, 2.05) is 13.8 Å². The molecule has 0 rings (SSSR count). The Balaban J connectivity index is 4.11. The maximum absolute atomic E-state index is 11.4. The molecule has 0 aliphatic rings. The van der Waals surface area contributed by atoms with Crippen LogP contribution in [0.2, 0.25) is 0 Å². The van der Waals surface area contributed by atoms with Gasteiger partial charge in [0.1, 0.15) is 6.04 Å². The summed E-state index contributed by atoms with van der Waals surface area (Å²) < 4.78 is 0. The van der Waals surface area contributed by atoms with Gasteiger partial charge < -0.3 is 10.4 Å². The topological polar surface area (TPSA) is 108 Å². The molecule has 0 heterocycles. The van der Waals surface area contributed by atoms with Gasteiger partial charge in [-0.15, -0.1) is 0 Å². The van der Waals surface area contributed by atoms with Crippen LogP contribution in [0.4, 0.5) is 4.79 Å². The Morgan fingerprint density at radius 3 is 2.11 bits per heavy atom. The van der Waals surface area contributed by atoms with Gasteiger partial charge in [0.05, 0.1) is 6.54 Å². The predicted octanol–water partition coefficient (Wildman–Crippen LogP) is 0.310. The summed E-state index contributed by atoms with van der Waals surface area (Å²) >= 11 is 0. The Hall–Kier alpha value is -1.63. The fourth-order valence-corrected chi connectivity index (χ4v) is 1.43. The van der Waals surface area contributed by atoms with E-state index >= 15 is 0 Å². The van der Waals surface area contributed by atoms with E-state index in [4.69, 9.17) is 5.11 Å². The second-order valence-electron chi connectivity index (χ2n) is 5.08. The van der Waals surface area contributed by atoms with Crippen molar-refractivity contribution in [1.29, 1.82) is 0 Å². The van der Waals surface area contributed by atoms with Crippen molar-refractivity contribution in [3.8, 4) is 0 Å². The second-order valence-corrected chi connectivity index (χ2v) is 5.08. The van der Waals surface area contributed by atoms with Crippen LogP contribution >= 0.6 is 0 Å². The van der Waals surface area contributed by atoms with Crippen LogP contribution in [0.15, 0.2) is 0 Å². The normalized spacial score (nSPS) is 12.3. The molecule has 0 spiro atoms. The molecular formula is C12H23N3O4. The Kier molecular flexibility index (Phi) is 7.74. The van der Waals surface area contributed by atoms with E-state index < -0.39 is 23.9 Å². The lowest BCUT2D eigenvalue weighted by Gasteiger charge is -2.16. The van der Waals surface area contributed by atoms with Crippen molar-refractivity contribution in [3.63, 3.8) is 0 Å². The molecule has 7 heteroatoms. The highest BCUT2D eigenvalue weighted by molar-refractivity contribution is 5.95. The van der Waals surface area contributed by atoms with Crippen LogP contribution in [-0.2, 0) is 9.59 Å². The number of carboxylic acids is 1. The summed E-state index contributed by atoms with van der Waals surface area (Å²) in [5.74, 6) is -1.37. The van der Waals surface area contributed by atoms with Crippen molar-refractivity contribution >= 4 is 17.9 Å². The minimum Gasteiger partial charge on any atom is -0.480 e. The first kappa shape index (κ1) is 17.4. The molecule has 0 saturated carbocycles. The quantitative estimate of drug-likeness (QED) is 0.534. The molecular weight excluding hydrogens is 250 g/mol. The molecule has 1 atom stereocenters. The maximum Gasteiger partial charge on any atom is 0.321 e. The molecule has 19 heavy (non-hydrogen) atoms. The number of nitrogens with one attached hydrogen (secondary N) is 3. The van der Waals surface area contributed by atoms with E-state index in [0.29, 0.717) is 6.42 Å². The molecule has 110 valence electrons. The molecule has 4 N–H and O–H groups in total. The van der Waals surface area contributed by atoms with Crippen molar-refractivity contribution in [2.75, 3.05) is 6.54 Å². The third kappa shape index (κ3) is 9.01. The van der Waals surface area contributed by atoms with Crippen molar-refractivity contribution in [2.24, 2.45) is 5.92 Å². The van der Waals surface area contributed by atoms with Gasteiger partial charge in [-0.3, -0.25) is 20.2 Å². The standard InChI is InChI=1S/C12H23N3O4/c1-7(2)5-9(11(17)18)13-6-10(16)15-12(19)14-8(3)4/h7-9,13H,5-6H2,1-4H3,(H,17,18)(H2,14,15,16,19). The minimum absolute atomic E-state index is 0.0755. The lowest BCUT2D eigenvalue weighted by Crippen LogP contribution is -2.48. The third-order valence-electron chi connectivity index (χ3n) is 2.19. The van der Waals surface area contributed by atoms with Crippen LogP contribution in [0.1, 0.15) is 34.1 Å². The summed E-state index contributed by atoms with van der Waals surface area (Å²) in [4.78, 5) is 33.6. The van der Waals surface area contributed by atoms with Crippen molar-refractivity contribution in [3.05, 3.63) is 0 Å². The number of hydrogen-bond donors (Lipinski definition) is 4. The Labute approximate surface area is 113 Å². The summed E-state index contributed by atoms with van der Waals surface area (Å²) in [7, 11) is 0. The van der Waals surface area contributed by atoms with Crippen LogP contribution in [0, 0.1) is 5.92 Å². The Morgan fingerprint density at radius 2 is 1.68 bits per heavy atom. The van der Waals surface area contributed by atoms with E-state index in [-0.39, 0.29) is 18.5 Å². The first-order chi connectivity index (χ1) is 8.72. The van der Waals surface area contributed by atoms with Gasteiger partial charge in [0.25, 0.3) is 0 Å². The number of urea groups is 1. The SMILES string of the molecule is CC(C)CC(NCC(=O)NC(=O)NC(C)C)C(=O)O. The fourth-order valence-electron chi connectivity index (χ4n) is 1.43. The van der Waals surface area contributed by atoms with Gasteiger partial charge in [-0.25, -0.2) is 4.79 Å². The number of aliphatic carboxylic acids is 1. The summed E-state index contributed by atoms with van der Waals surface area (Å²) in [6.45, 7) is 7.12. The molecule has 7 nitrogen and oxygen atoms in total. The largest absolute Gasteiger partial charge is 0.480 e. The van der Waals surface area contributed by atoms with Crippen molar-refractivity contribution < 1.29 is 19.5 Å². The van der Waals surface area contributed by atoms with Crippen molar-refractivity contribution in [2.45, 2.75) is 46.2 Å². The molecule has 0 aromatic rings. The second kappa shape index (κ2) is 8.47. The number of carbonyl (C=O) groups is 3. The van der Waals surface area contributed by atoms with E-state index in [0.717, 1.165) is 0 Å². The van der Waals surface area contributed by atoms with E-state index in [1.165, 1.54) is 0 Å². The van der Waals surface area contributed by atoms with Crippen LogP contribution in [0.25, 0.3) is 0 Å². The van der Waals surface area contributed by atoms with Crippen molar-refractivity contribution in [1.82, 2.24) is 16.0 Å². The zero-order valence-electron chi connectivity index (χ0n) is 11.8. The number of carbonyl (C=O) groups excluding carboxylic acids is 2. The molecule has 0 saturated heterocycles. The summed E-state index contributed by atoms with van der Waals surface area (Å²) in [6, 6.07) is -1.45. The average Bonchev–Trinajstić information content (AvgIpc) is 2.21. The number of rotatable bonds is 7. The van der Waals surface area contributed by atoms with E-state index in [9.17, 15) is 14.4 Å². The molecule has 1 unspecified atom stereocenters. The van der Waals surface area contributed by atoms with Gasteiger partial charge in [-0.2, -0.15) is 0 Å². The number of amides is 3. The summed E-state index contributed by atoms with van der Waals surface area (Å²) in [5.41, 5.74) is 0.